The van der Waals surface area contributed by atoms with Crippen LogP contribution in [0.5, 0.6) is 0 Å². The van der Waals surface area contributed by atoms with Crippen LogP contribution in [-0.4, -0.2) is 4.98 Å². The Morgan fingerprint density at radius 3 is 2.86 bits per heavy atom. The van der Waals surface area contributed by atoms with Crippen molar-refractivity contribution in [1.29, 1.82) is 0 Å². The average molecular weight is 212 g/mol. The zero-order chi connectivity index (χ0) is 10.6. The van der Waals surface area contributed by atoms with Crippen LogP contribution in [0.2, 0.25) is 5.15 Å². The van der Waals surface area contributed by atoms with Gasteiger partial charge in [-0.1, -0.05) is 23.3 Å². The van der Waals surface area contributed by atoms with Crippen molar-refractivity contribution in [2.75, 3.05) is 0 Å². The van der Waals surface area contributed by atoms with Crippen LogP contribution in [0, 0.1) is 0 Å². The Morgan fingerprint density at radius 1 is 1.64 bits per heavy atom. The largest absolute Gasteiger partial charge is 0.271 e. The highest BCUT2D eigenvalue weighted by atomic mass is 35.5. The molecular weight excluding hydrogens is 198 g/mol. The van der Waals surface area contributed by atoms with Crippen molar-refractivity contribution in [2.24, 2.45) is 5.84 Å². The molecule has 0 aliphatic heterocycles. The summed E-state index contributed by atoms with van der Waals surface area (Å²) in [7, 11) is 0. The Balaban J connectivity index is 2.95. The molecule has 0 aliphatic rings. The van der Waals surface area contributed by atoms with E-state index in [9.17, 15) is 0 Å². The predicted molar refractivity (Wildman–Crippen MR) is 58.7 cm³/mol. The van der Waals surface area contributed by atoms with Crippen molar-refractivity contribution in [3.05, 3.63) is 40.7 Å². The van der Waals surface area contributed by atoms with Gasteiger partial charge in [-0.3, -0.25) is 5.84 Å². The number of aromatic nitrogens is 1. The van der Waals surface area contributed by atoms with Gasteiger partial charge in [0, 0.05) is 6.20 Å². The van der Waals surface area contributed by atoms with Crippen LogP contribution in [-0.2, 0) is 0 Å². The average Bonchev–Trinajstić information content (AvgIpc) is 2.14. The zero-order valence-electron chi connectivity index (χ0n) is 8.29. The molecule has 0 saturated carbocycles. The topological polar surface area (TPSA) is 50.9 Å². The minimum absolute atomic E-state index is 0.0134. The van der Waals surface area contributed by atoms with Crippen molar-refractivity contribution in [3.8, 4) is 0 Å². The molecule has 1 aromatic rings. The van der Waals surface area contributed by atoms with Crippen molar-refractivity contribution in [1.82, 2.24) is 10.4 Å². The molecular formula is C10H14ClN3. The van der Waals surface area contributed by atoms with E-state index in [0.717, 1.165) is 5.56 Å². The summed E-state index contributed by atoms with van der Waals surface area (Å²) in [5.41, 5.74) is 4.92. The van der Waals surface area contributed by atoms with Crippen molar-refractivity contribution in [2.45, 2.75) is 19.9 Å². The molecule has 0 fully saturated rings. The van der Waals surface area contributed by atoms with Crippen molar-refractivity contribution in [3.63, 3.8) is 0 Å². The van der Waals surface area contributed by atoms with Gasteiger partial charge in [0.05, 0.1) is 6.04 Å². The highest BCUT2D eigenvalue weighted by molar-refractivity contribution is 6.29. The molecule has 1 atom stereocenters. The van der Waals surface area contributed by atoms with Crippen molar-refractivity contribution < 1.29 is 0 Å². The number of halogens is 1. The van der Waals surface area contributed by atoms with Crippen molar-refractivity contribution >= 4 is 11.6 Å². The van der Waals surface area contributed by atoms with Crippen LogP contribution in [0.15, 0.2) is 30.0 Å². The third-order valence-corrected chi connectivity index (χ3v) is 2.00. The third kappa shape index (κ3) is 3.10. The molecule has 76 valence electrons. The molecule has 3 N–H and O–H groups in total. The fraction of sp³-hybridized carbons (Fsp3) is 0.300. The molecule has 0 aliphatic carbocycles. The number of hydrogen-bond acceptors (Lipinski definition) is 3. The van der Waals surface area contributed by atoms with Gasteiger partial charge in [-0.2, -0.15) is 0 Å². The molecule has 0 aromatic carbocycles. The first-order valence-corrected chi connectivity index (χ1v) is 4.74. The number of rotatable bonds is 3. The van der Waals surface area contributed by atoms with Gasteiger partial charge in [0.25, 0.3) is 0 Å². The molecule has 1 aromatic heterocycles. The molecule has 14 heavy (non-hydrogen) atoms. The second-order valence-corrected chi connectivity index (χ2v) is 3.69. The second kappa shape index (κ2) is 5.10. The zero-order valence-corrected chi connectivity index (χ0v) is 9.05. The highest BCUT2D eigenvalue weighted by Crippen LogP contribution is 2.17. The van der Waals surface area contributed by atoms with Crippen LogP contribution >= 0.6 is 11.6 Å². The van der Waals surface area contributed by atoms with E-state index in [2.05, 4.69) is 10.4 Å². The lowest BCUT2D eigenvalue weighted by Crippen LogP contribution is -2.26. The van der Waals surface area contributed by atoms with Gasteiger partial charge in [0.1, 0.15) is 5.15 Å². The minimum Gasteiger partial charge on any atom is -0.271 e. The lowest BCUT2D eigenvalue weighted by molar-refractivity contribution is 0.651. The van der Waals surface area contributed by atoms with Gasteiger partial charge in [-0.05, 0) is 31.5 Å². The molecule has 0 bridgehead atoms. The van der Waals surface area contributed by atoms with Crippen LogP contribution in [0.4, 0.5) is 0 Å². The van der Waals surface area contributed by atoms with E-state index in [1.165, 1.54) is 5.57 Å². The van der Waals surface area contributed by atoms with E-state index < -0.39 is 0 Å². The highest BCUT2D eigenvalue weighted by Gasteiger charge is 2.06. The maximum absolute atomic E-state index is 5.78. The van der Waals surface area contributed by atoms with Gasteiger partial charge >= 0.3 is 0 Å². The number of allylic oxidation sites excluding steroid dienone is 1. The number of pyridine rings is 1. The number of nitrogens with zero attached hydrogens (tertiary/aromatic N) is 1. The fourth-order valence-electron chi connectivity index (χ4n) is 1.18. The lowest BCUT2D eigenvalue weighted by atomic mass is 10.1. The van der Waals surface area contributed by atoms with Gasteiger partial charge in [0.15, 0.2) is 0 Å². The Labute approximate surface area is 88.9 Å². The summed E-state index contributed by atoms with van der Waals surface area (Å²) in [6.07, 6.45) is 3.70. The van der Waals surface area contributed by atoms with Gasteiger partial charge in [0.2, 0.25) is 0 Å². The summed E-state index contributed by atoms with van der Waals surface area (Å²) < 4.78 is 0. The molecule has 4 heteroatoms. The normalized spacial score (nSPS) is 12.3. The standard InChI is InChI=1S/C10H14ClN3/c1-7(2)5-9(14-12)8-3-4-13-10(11)6-8/h3-6,9,14H,12H2,1-2H3. The molecule has 3 nitrogen and oxygen atoms in total. The maximum Gasteiger partial charge on any atom is 0.129 e. The number of hydrazine groups is 1. The summed E-state index contributed by atoms with van der Waals surface area (Å²) in [6, 6.07) is 3.67. The van der Waals surface area contributed by atoms with Gasteiger partial charge in [-0.15, -0.1) is 0 Å². The van der Waals surface area contributed by atoms with E-state index in [4.69, 9.17) is 17.4 Å². The van der Waals surface area contributed by atoms with Gasteiger partial charge < -0.3 is 0 Å². The first kappa shape index (κ1) is 11.2. The van der Waals surface area contributed by atoms with E-state index >= 15 is 0 Å². The van der Waals surface area contributed by atoms with E-state index in [0.29, 0.717) is 5.15 Å². The number of nitrogens with one attached hydrogen (secondary N) is 1. The van der Waals surface area contributed by atoms with E-state index in [1.54, 1.807) is 12.3 Å². The molecule has 0 amide bonds. The molecule has 0 spiro atoms. The smallest absolute Gasteiger partial charge is 0.129 e. The van der Waals surface area contributed by atoms with Crippen LogP contribution in [0.3, 0.4) is 0 Å². The molecule has 1 heterocycles. The molecule has 1 rings (SSSR count). The van der Waals surface area contributed by atoms with Crippen LogP contribution in [0.25, 0.3) is 0 Å². The summed E-state index contributed by atoms with van der Waals surface area (Å²) in [4.78, 5) is 3.91. The number of hydrogen-bond donors (Lipinski definition) is 2. The summed E-state index contributed by atoms with van der Waals surface area (Å²) >= 11 is 5.78. The van der Waals surface area contributed by atoms with Crippen LogP contribution < -0.4 is 11.3 Å². The predicted octanol–water partition coefficient (Wildman–Crippen LogP) is 2.21. The summed E-state index contributed by atoms with van der Waals surface area (Å²) in [5, 5.41) is 0.477. The van der Waals surface area contributed by atoms with E-state index in [1.807, 2.05) is 26.0 Å². The second-order valence-electron chi connectivity index (χ2n) is 3.30. The third-order valence-electron chi connectivity index (χ3n) is 1.79. The Bertz CT molecular complexity index is 332. The molecule has 0 saturated heterocycles. The number of nitrogens with two attached hydrogens (primary N) is 1. The molecule has 1 unspecified atom stereocenters. The monoisotopic (exact) mass is 211 g/mol. The quantitative estimate of drug-likeness (QED) is 0.349. The first-order valence-electron chi connectivity index (χ1n) is 4.36. The lowest BCUT2D eigenvalue weighted by Gasteiger charge is -2.12. The summed E-state index contributed by atoms with van der Waals surface area (Å²) in [5.74, 6) is 5.45. The fourth-order valence-corrected chi connectivity index (χ4v) is 1.37. The first-order chi connectivity index (χ1) is 6.63. The Hall–Kier alpha value is -0.900. The minimum atomic E-state index is -0.0134. The van der Waals surface area contributed by atoms with Gasteiger partial charge in [-0.25, -0.2) is 10.4 Å². The Morgan fingerprint density at radius 2 is 2.36 bits per heavy atom. The summed E-state index contributed by atoms with van der Waals surface area (Å²) in [6.45, 7) is 4.04. The Kier molecular flexibility index (Phi) is 4.07. The van der Waals surface area contributed by atoms with Crippen LogP contribution in [0.1, 0.15) is 25.5 Å². The maximum atomic E-state index is 5.78. The SMILES string of the molecule is CC(C)=CC(NN)c1ccnc(Cl)c1. The van der Waals surface area contributed by atoms with E-state index in [-0.39, 0.29) is 6.04 Å². The molecule has 0 radical (unpaired) electrons.